The lowest BCUT2D eigenvalue weighted by atomic mass is 10.3. The summed E-state index contributed by atoms with van der Waals surface area (Å²) >= 11 is 0. The van der Waals surface area contributed by atoms with Crippen LogP contribution in [0.3, 0.4) is 0 Å². The summed E-state index contributed by atoms with van der Waals surface area (Å²) in [5.74, 6) is 0. The first-order valence-electron chi connectivity index (χ1n) is 5.73. The van der Waals surface area contributed by atoms with Crippen molar-refractivity contribution in [3.05, 3.63) is 29.2 Å². The molecule has 3 rings (SSSR count). The smallest absolute Gasteiger partial charge is 0.159 e. The lowest BCUT2D eigenvalue weighted by Crippen LogP contribution is -2.25. The van der Waals surface area contributed by atoms with Crippen LogP contribution in [0.2, 0.25) is 0 Å². The number of hydrogen-bond acceptors (Lipinski definition) is 3. The van der Waals surface area contributed by atoms with Gasteiger partial charge in [0, 0.05) is 36.6 Å². The highest BCUT2D eigenvalue weighted by atomic mass is 15.3. The summed E-state index contributed by atoms with van der Waals surface area (Å²) in [6.45, 7) is 8.40. The third-order valence-corrected chi connectivity index (χ3v) is 3.25. The minimum Gasteiger partial charge on any atom is -0.291 e. The summed E-state index contributed by atoms with van der Waals surface area (Å²) < 4.78 is 1.90. The van der Waals surface area contributed by atoms with Crippen molar-refractivity contribution < 1.29 is 0 Å². The summed E-state index contributed by atoms with van der Waals surface area (Å²) in [5, 5.41) is 4.58. The number of fused-ring (bicyclic) bond motifs is 3. The first kappa shape index (κ1) is 9.78. The van der Waals surface area contributed by atoms with Gasteiger partial charge < -0.3 is 0 Å². The summed E-state index contributed by atoms with van der Waals surface area (Å²) in [4.78, 5) is 6.99. The lowest BCUT2D eigenvalue weighted by Gasteiger charge is -2.19. The molecule has 0 amide bonds. The summed E-state index contributed by atoms with van der Waals surface area (Å²) in [6.07, 6.45) is 2.00. The molecule has 0 aliphatic carbocycles. The van der Waals surface area contributed by atoms with E-state index in [-0.39, 0.29) is 0 Å². The number of nitrogens with zero attached hydrogens (tertiary/aromatic N) is 4. The van der Waals surface area contributed by atoms with Gasteiger partial charge in [0.15, 0.2) is 5.65 Å². The zero-order chi connectivity index (χ0) is 11.3. The highest BCUT2D eigenvalue weighted by Crippen LogP contribution is 2.26. The van der Waals surface area contributed by atoms with Gasteiger partial charge in [-0.3, -0.25) is 4.90 Å². The molecule has 0 fully saturated rings. The molecule has 0 saturated carbocycles. The predicted molar refractivity (Wildman–Crippen MR) is 62.1 cm³/mol. The highest BCUT2D eigenvalue weighted by molar-refractivity contribution is 5.51. The topological polar surface area (TPSA) is 33.4 Å². The minimum atomic E-state index is 0.569. The van der Waals surface area contributed by atoms with Crippen LogP contribution in [0.25, 0.3) is 5.65 Å². The molecule has 0 N–H and O–H groups in total. The van der Waals surface area contributed by atoms with E-state index in [1.165, 1.54) is 11.3 Å². The van der Waals surface area contributed by atoms with Crippen LogP contribution < -0.4 is 0 Å². The number of hydrogen-bond donors (Lipinski definition) is 0. The Labute approximate surface area is 94.9 Å². The average molecular weight is 216 g/mol. The molecule has 0 spiro atoms. The van der Waals surface area contributed by atoms with E-state index in [4.69, 9.17) is 0 Å². The Kier molecular flexibility index (Phi) is 2.01. The monoisotopic (exact) mass is 216 g/mol. The SMILES string of the molecule is Cc1ccn2nc3c(c2n1)CN(C(C)C)C3. The molecule has 0 atom stereocenters. The van der Waals surface area contributed by atoms with Crippen molar-refractivity contribution in [1.29, 1.82) is 0 Å². The van der Waals surface area contributed by atoms with Crippen LogP contribution in [0.1, 0.15) is 30.8 Å². The van der Waals surface area contributed by atoms with Crippen molar-refractivity contribution in [2.24, 2.45) is 0 Å². The second kappa shape index (κ2) is 3.28. The molecule has 1 aliphatic heterocycles. The van der Waals surface area contributed by atoms with Crippen LogP contribution in [0.4, 0.5) is 0 Å². The highest BCUT2D eigenvalue weighted by Gasteiger charge is 2.26. The van der Waals surface area contributed by atoms with Crippen molar-refractivity contribution in [3.8, 4) is 0 Å². The maximum Gasteiger partial charge on any atom is 0.159 e. The normalized spacial score (nSPS) is 16.2. The van der Waals surface area contributed by atoms with E-state index in [0.717, 1.165) is 24.4 Å². The summed E-state index contributed by atoms with van der Waals surface area (Å²) in [7, 11) is 0. The average Bonchev–Trinajstić information content (AvgIpc) is 2.75. The first-order valence-corrected chi connectivity index (χ1v) is 5.73. The lowest BCUT2D eigenvalue weighted by molar-refractivity contribution is 0.225. The van der Waals surface area contributed by atoms with Crippen molar-refractivity contribution >= 4 is 5.65 Å². The number of rotatable bonds is 1. The Morgan fingerprint density at radius 1 is 1.31 bits per heavy atom. The quantitative estimate of drug-likeness (QED) is 0.728. The second-order valence-corrected chi connectivity index (χ2v) is 4.76. The molecule has 0 radical (unpaired) electrons. The molecule has 0 aromatic carbocycles. The maximum absolute atomic E-state index is 4.58. The molecule has 0 bridgehead atoms. The van der Waals surface area contributed by atoms with E-state index >= 15 is 0 Å². The van der Waals surface area contributed by atoms with Gasteiger partial charge in [-0.05, 0) is 26.8 Å². The fourth-order valence-corrected chi connectivity index (χ4v) is 2.22. The fraction of sp³-hybridized carbons (Fsp3) is 0.500. The van der Waals surface area contributed by atoms with E-state index in [2.05, 4.69) is 28.8 Å². The van der Waals surface area contributed by atoms with Crippen LogP contribution >= 0.6 is 0 Å². The minimum absolute atomic E-state index is 0.569. The molecule has 4 heteroatoms. The van der Waals surface area contributed by atoms with Gasteiger partial charge in [-0.2, -0.15) is 5.10 Å². The molecular formula is C12H16N4. The standard InChI is InChI=1S/C12H16N4/c1-8(2)15-6-10-11(7-15)14-16-5-4-9(3)13-12(10)16/h4-5,8H,6-7H2,1-3H3. The summed E-state index contributed by atoms with van der Waals surface area (Å²) in [6, 6.07) is 2.56. The van der Waals surface area contributed by atoms with Gasteiger partial charge in [0.2, 0.25) is 0 Å². The van der Waals surface area contributed by atoms with E-state index in [9.17, 15) is 0 Å². The van der Waals surface area contributed by atoms with Crippen molar-refractivity contribution in [2.45, 2.75) is 39.9 Å². The number of aryl methyl sites for hydroxylation is 1. The second-order valence-electron chi connectivity index (χ2n) is 4.76. The molecule has 0 unspecified atom stereocenters. The molecule has 2 aromatic heterocycles. The zero-order valence-corrected chi connectivity index (χ0v) is 9.94. The molecule has 1 aliphatic rings. The van der Waals surface area contributed by atoms with Gasteiger partial charge in [-0.15, -0.1) is 0 Å². The largest absolute Gasteiger partial charge is 0.291 e. The number of aromatic nitrogens is 3. The van der Waals surface area contributed by atoms with Gasteiger partial charge in [0.25, 0.3) is 0 Å². The molecule has 16 heavy (non-hydrogen) atoms. The van der Waals surface area contributed by atoms with Gasteiger partial charge in [-0.1, -0.05) is 0 Å². The predicted octanol–water partition coefficient (Wildman–Crippen LogP) is 1.76. The Bertz CT molecular complexity index is 541. The van der Waals surface area contributed by atoms with Crippen molar-refractivity contribution in [3.63, 3.8) is 0 Å². The fourth-order valence-electron chi connectivity index (χ4n) is 2.22. The van der Waals surface area contributed by atoms with Gasteiger partial charge in [-0.25, -0.2) is 9.50 Å². The van der Waals surface area contributed by atoms with Crippen LogP contribution in [0.5, 0.6) is 0 Å². The van der Waals surface area contributed by atoms with E-state index in [1.807, 2.05) is 23.7 Å². The Morgan fingerprint density at radius 3 is 2.88 bits per heavy atom. The molecule has 0 saturated heterocycles. The molecule has 84 valence electrons. The Hall–Kier alpha value is -1.42. The molecule has 3 heterocycles. The van der Waals surface area contributed by atoms with Crippen LogP contribution in [-0.4, -0.2) is 25.5 Å². The third-order valence-electron chi connectivity index (χ3n) is 3.25. The van der Waals surface area contributed by atoms with E-state index in [0.29, 0.717) is 6.04 Å². The molecule has 2 aromatic rings. The van der Waals surface area contributed by atoms with Crippen molar-refractivity contribution in [1.82, 2.24) is 19.5 Å². The van der Waals surface area contributed by atoms with E-state index < -0.39 is 0 Å². The van der Waals surface area contributed by atoms with Gasteiger partial charge >= 0.3 is 0 Å². The van der Waals surface area contributed by atoms with Gasteiger partial charge in [0.1, 0.15) is 0 Å². The van der Waals surface area contributed by atoms with E-state index in [1.54, 1.807) is 0 Å². The Morgan fingerprint density at radius 2 is 2.12 bits per heavy atom. The van der Waals surface area contributed by atoms with Crippen molar-refractivity contribution in [2.75, 3.05) is 0 Å². The molecular weight excluding hydrogens is 200 g/mol. The van der Waals surface area contributed by atoms with Gasteiger partial charge in [0.05, 0.1) is 5.69 Å². The first-order chi connectivity index (χ1) is 7.65. The summed E-state index contributed by atoms with van der Waals surface area (Å²) in [5.41, 5.74) is 4.57. The third kappa shape index (κ3) is 1.33. The maximum atomic E-state index is 4.58. The zero-order valence-electron chi connectivity index (χ0n) is 9.94. The van der Waals surface area contributed by atoms with Crippen LogP contribution in [0.15, 0.2) is 12.3 Å². The van der Waals surface area contributed by atoms with Crippen LogP contribution in [0, 0.1) is 6.92 Å². The molecule has 4 nitrogen and oxygen atoms in total. The van der Waals surface area contributed by atoms with Crippen LogP contribution in [-0.2, 0) is 13.1 Å². The Balaban J connectivity index is 2.10.